The monoisotopic (exact) mass is 364 g/mol. The Hall–Kier alpha value is -2.47. The normalized spacial score (nSPS) is 22.1. The van der Waals surface area contributed by atoms with Crippen LogP contribution < -0.4 is 5.32 Å². The van der Waals surface area contributed by atoms with Crippen molar-refractivity contribution >= 4 is 11.9 Å². The molecule has 1 aromatic heterocycles. The molecule has 5 rings (SSSR count). The van der Waals surface area contributed by atoms with Crippen LogP contribution in [0.4, 0.5) is 5.95 Å². The van der Waals surface area contributed by atoms with Crippen LogP contribution in [0, 0.1) is 0 Å². The van der Waals surface area contributed by atoms with E-state index in [0.29, 0.717) is 30.8 Å². The molecule has 0 radical (unpaired) electrons. The molecule has 0 saturated carbocycles. The number of ether oxygens (including phenoxy) is 1. The van der Waals surface area contributed by atoms with E-state index >= 15 is 0 Å². The second-order valence-electron chi connectivity index (χ2n) is 7.93. The summed E-state index contributed by atoms with van der Waals surface area (Å²) in [5.41, 5.74) is 4.70. The van der Waals surface area contributed by atoms with Gasteiger partial charge in [0.25, 0.3) is 5.91 Å². The fourth-order valence-corrected chi connectivity index (χ4v) is 4.34. The van der Waals surface area contributed by atoms with E-state index in [1.165, 1.54) is 16.7 Å². The van der Waals surface area contributed by atoms with Crippen molar-refractivity contribution in [1.82, 2.24) is 14.9 Å². The predicted octanol–water partition coefficient (Wildman–Crippen LogP) is 2.23. The number of aromatic nitrogens is 2. The van der Waals surface area contributed by atoms with Crippen LogP contribution in [0.1, 0.15) is 40.4 Å². The molecule has 2 aromatic rings. The van der Waals surface area contributed by atoms with Crippen LogP contribution >= 0.6 is 0 Å². The van der Waals surface area contributed by atoms with Gasteiger partial charge in [-0.2, -0.15) is 0 Å². The third-order valence-corrected chi connectivity index (χ3v) is 6.20. The maximum atomic E-state index is 12.7. The van der Waals surface area contributed by atoms with Crippen molar-refractivity contribution < 1.29 is 9.53 Å². The Morgan fingerprint density at radius 2 is 2.04 bits per heavy atom. The smallest absolute Gasteiger partial charge is 0.257 e. The molecule has 140 valence electrons. The lowest BCUT2D eigenvalue weighted by Crippen LogP contribution is -2.72. The maximum absolute atomic E-state index is 12.7. The number of hydrogen-bond acceptors (Lipinski definition) is 5. The molecule has 2 saturated heterocycles. The number of benzene rings is 1. The number of hydrogen-bond donors (Lipinski definition) is 1. The van der Waals surface area contributed by atoms with Crippen LogP contribution in [0.15, 0.2) is 30.6 Å². The summed E-state index contributed by atoms with van der Waals surface area (Å²) in [5.74, 6) is 0.599. The molecule has 1 unspecified atom stereocenters. The Labute approximate surface area is 159 Å². The van der Waals surface area contributed by atoms with Crippen LogP contribution in [-0.4, -0.2) is 52.1 Å². The van der Waals surface area contributed by atoms with Gasteiger partial charge in [0, 0.05) is 25.0 Å². The van der Waals surface area contributed by atoms with E-state index < -0.39 is 0 Å². The van der Waals surface area contributed by atoms with Gasteiger partial charge in [-0.3, -0.25) is 4.79 Å². The summed E-state index contributed by atoms with van der Waals surface area (Å²) in [5, 5.41) is 3.42. The summed E-state index contributed by atoms with van der Waals surface area (Å²) in [6.45, 7) is 4.29. The number of amides is 1. The van der Waals surface area contributed by atoms with E-state index in [0.717, 1.165) is 32.2 Å². The molecule has 1 aromatic carbocycles. The Bertz CT molecular complexity index is 871. The number of aryl methyl sites for hydroxylation is 1. The lowest BCUT2D eigenvalue weighted by Gasteiger charge is -2.57. The van der Waals surface area contributed by atoms with Crippen molar-refractivity contribution in [2.45, 2.75) is 44.2 Å². The highest BCUT2D eigenvalue weighted by atomic mass is 16.5. The minimum absolute atomic E-state index is 0.0106. The second kappa shape index (κ2) is 6.30. The third-order valence-electron chi connectivity index (χ3n) is 6.20. The maximum Gasteiger partial charge on any atom is 0.257 e. The molecule has 1 N–H and O–H groups in total. The SMILES string of the molecule is CCc1ccc2c(c1)CC(Nc1ncc(C(=O)N3CCC34COC4)cn1)C2. The van der Waals surface area contributed by atoms with Crippen molar-refractivity contribution in [2.75, 3.05) is 25.1 Å². The highest BCUT2D eigenvalue weighted by molar-refractivity contribution is 5.95. The van der Waals surface area contributed by atoms with Gasteiger partial charge in [0.1, 0.15) is 0 Å². The zero-order valence-electron chi connectivity index (χ0n) is 15.6. The molecule has 1 spiro atoms. The van der Waals surface area contributed by atoms with Crippen LogP contribution in [0.5, 0.6) is 0 Å². The van der Waals surface area contributed by atoms with E-state index in [4.69, 9.17) is 4.74 Å². The van der Waals surface area contributed by atoms with Crippen LogP contribution in [0.2, 0.25) is 0 Å². The van der Waals surface area contributed by atoms with Gasteiger partial charge < -0.3 is 15.0 Å². The van der Waals surface area contributed by atoms with Gasteiger partial charge in [0.05, 0.1) is 24.3 Å². The molecule has 3 aliphatic rings. The van der Waals surface area contributed by atoms with Crippen LogP contribution in [0.25, 0.3) is 0 Å². The summed E-state index contributed by atoms with van der Waals surface area (Å²) in [4.78, 5) is 23.4. The molecule has 6 nitrogen and oxygen atoms in total. The number of nitrogens with zero attached hydrogens (tertiary/aromatic N) is 3. The van der Waals surface area contributed by atoms with Crippen molar-refractivity contribution in [3.05, 3.63) is 52.8 Å². The first-order valence-electron chi connectivity index (χ1n) is 9.76. The number of rotatable bonds is 4. The average molecular weight is 364 g/mol. The highest BCUT2D eigenvalue weighted by Gasteiger charge is 2.53. The number of anilines is 1. The number of likely N-dealkylation sites (tertiary alicyclic amines) is 1. The van der Waals surface area contributed by atoms with Gasteiger partial charge in [0.2, 0.25) is 5.95 Å². The van der Waals surface area contributed by atoms with Crippen LogP contribution in [0.3, 0.4) is 0 Å². The van der Waals surface area contributed by atoms with E-state index in [1.807, 2.05) is 4.90 Å². The van der Waals surface area contributed by atoms with Gasteiger partial charge in [-0.25, -0.2) is 9.97 Å². The Balaban J connectivity index is 1.23. The standard InChI is InChI=1S/C21H24N4O2/c1-2-14-3-4-15-8-18(9-16(15)7-14)24-20-22-10-17(11-23-20)19(26)25-6-5-21(25)12-27-13-21/h3-4,7,10-11,18H,2,5-6,8-9,12-13H2,1H3,(H,22,23,24). The van der Waals surface area contributed by atoms with Crippen molar-refractivity contribution in [2.24, 2.45) is 0 Å². The fourth-order valence-electron chi connectivity index (χ4n) is 4.34. The first-order chi connectivity index (χ1) is 13.2. The molecule has 6 heteroatoms. The second-order valence-corrected chi connectivity index (χ2v) is 7.93. The summed E-state index contributed by atoms with van der Waals surface area (Å²) >= 11 is 0. The van der Waals surface area contributed by atoms with Gasteiger partial charge >= 0.3 is 0 Å². The van der Waals surface area contributed by atoms with Gasteiger partial charge in [-0.05, 0) is 42.4 Å². The molecule has 1 atom stereocenters. The molecular weight excluding hydrogens is 340 g/mol. The average Bonchev–Trinajstić information content (AvgIpc) is 3.01. The molecule has 2 aliphatic heterocycles. The predicted molar refractivity (Wildman–Crippen MR) is 102 cm³/mol. The third kappa shape index (κ3) is 2.79. The Morgan fingerprint density at radius 3 is 2.67 bits per heavy atom. The Morgan fingerprint density at radius 1 is 1.26 bits per heavy atom. The fraction of sp³-hybridized carbons (Fsp3) is 0.476. The largest absolute Gasteiger partial charge is 0.376 e. The number of nitrogens with one attached hydrogen (secondary N) is 1. The summed E-state index contributed by atoms with van der Waals surface area (Å²) in [6.07, 6.45) is 7.35. The molecule has 1 amide bonds. The summed E-state index contributed by atoms with van der Waals surface area (Å²) < 4.78 is 5.30. The van der Waals surface area contributed by atoms with E-state index in [2.05, 4.69) is 40.4 Å². The summed E-state index contributed by atoms with van der Waals surface area (Å²) in [7, 11) is 0. The molecule has 1 aliphatic carbocycles. The van der Waals surface area contributed by atoms with Crippen molar-refractivity contribution in [1.29, 1.82) is 0 Å². The summed E-state index contributed by atoms with van der Waals surface area (Å²) in [6, 6.07) is 7.07. The van der Waals surface area contributed by atoms with Crippen molar-refractivity contribution in [3.63, 3.8) is 0 Å². The lowest BCUT2D eigenvalue weighted by molar-refractivity contribution is -0.172. The highest BCUT2D eigenvalue weighted by Crippen LogP contribution is 2.38. The number of carbonyl (C=O) groups is 1. The lowest BCUT2D eigenvalue weighted by atomic mass is 9.82. The topological polar surface area (TPSA) is 67.4 Å². The van der Waals surface area contributed by atoms with Crippen LogP contribution in [-0.2, 0) is 24.0 Å². The van der Waals surface area contributed by atoms with Gasteiger partial charge in [-0.1, -0.05) is 25.1 Å². The van der Waals surface area contributed by atoms with Crippen molar-refractivity contribution in [3.8, 4) is 0 Å². The number of carbonyl (C=O) groups excluding carboxylic acids is 1. The molecule has 27 heavy (non-hydrogen) atoms. The van der Waals surface area contributed by atoms with Gasteiger partial charge in [0.15, 0.2) is 0 Å². The van der Waals surface area contributed by atoms with E-state index in [-0.39, 0.29) is 11.4 Å². The molecule has 2 fully saturated rings. The molecule has 0 bridgehead atoms. The minimum Gasteiger partial charge on any atom is -0.376 e. The van der Waals surface area contributed by atoms with Gasteiger partial charge in [-0.15, -0.1) is 0 Å². The minimum atomic E-state index is -0.0546. The zero-order chi connectivity index (χ0) is 18.4. The quantitative estimate of drug-likeness (QED) is 0.901. The van der Waals surface area contributed by atoms with E-state index in [1.54, 1.807) is 12.4 Å². The Kier molecular flexibility index (Phi) is 3.90. The zero-order valence-corrected chi connectivity index (χ0v) is 15.6. The number of fused-ring (bicyclic) bond motifs is 1. The molecular formula is C21H24N4O2. The molecule has 3 heterocycles. The first kappa shape index (κ1) is 16.7. The first-order valence-corrected chi connectivity index (χ1v) is 9.76. The van der Waals surface area contributed by atoms with E-state index in [9.17, 15) is 4.79 Å².